The van der Waals surface area contributed by atoms with Crippen molar-refractivity contribution in [3.05, 3.63) is 35.6 Å². The number of ether oxygens (including phenoxy) is 1. The molecule has 7 heteroatoms. The fourth-order valence-electron chi connectivity index (χ4n) is 4.75. The Balaban J connectivity index is 1.71. The third-order valence-electron chi connectivity index (χ3n) is 6.13. The summed E-state index contributed by atoms with van der Waals surface area (Å²) in [6.07, 6.45) is -0.325. The lowest BCUT2D eigenvalue weighted by atomic mass is 9.72. The van der Waals surface area contributed by atoms with Crippen LogP contribution in [-0.2, 0) is 16.0 Å². The van der Waals surface area contributed by atoms with Crippen LogP contribution < -0.4 is 0 Å². The Morgan fingerprint density at radius 3 is 2.41 bits per heavy atom. The number of rotatable bonds is 7. The topological polar surface area (TPSA) is 73.2 Å². The van der Waals surface area contributed by atoms with Gasteiger partial charge in [0.15, 0.2) is 0 Å². The number of carbonyl (C=O) groups is 1. The van der Waals surface area contributed by atoms with Gasteiger partial charge in [-0.25, -0.2) is 4.39 Å². The Hall–Kier alpha value is -1.54. The number of hydrogen-bond acceptors (Lipinski definition) is 5. The highest BCUT2D eigenvalue weighted by Crippen LogP contribution is 2.36. The molecule has 3 rings (SSSR count). The van der Waals surface area contributed by atoms with Gasteiger partial charge in [0, 0.05) is 39.3 Å². The van der Waals surface area contributed by atoms with E-state index >= 15 is 0 Å². The molecule has 0 amide bonds. The molecular weight excluding hydrogens is 375 g/mol. The van der Waals surface area contributed by atoms with Crippen LogP contribution in [0.1, 0.15) is 25.8 Å². The molecule has 1 aromatic rings. The summed E-state index contributed by atoms with van der Waals surface area (Å²) in [5.41, 5.74) is -0.576. The van der Waals surface area contributed by atoms with E-state index in [0.717, 1.165) is 45.0 Å². The lowest BCUT2D eigenvalue weighted by molar-refractivity contribution is -0.164. The van der Waals surface area contributed by atoms with Crippen LogP contribution in [0, 0.1) is 16.6 Å². The molecule has 29 heavy (non-hydrogen) atoms. The van der Waals surface area contributed by atoms with Crippen LogP contribution in [0.4, 0.5) is 4.39 Å². The molecule has 0 aliphatic carbocycles. The molecule has 2 atom stereocenters. The normalized spacial score (nSPS) is 27.1. The van der Waals surface area contributed by atoms with E-state index in [0.29, 0.717) is 13.0 Å². The van der Waals surface area contributed by atoms with Crippen molar-refractivity contribution in [3.63, 3.8) is 0 Å². The van der Waals surface area contributed by atoms with Gasteiger partial charge in [-0.3, -0.25) is 9.69 Å². The summed E-state index contributed by atoms with van der Waals surface area (Å²) >= 11 is 0. The summed E-state index contributed by atoms with van der Waals surface area (Å²) in [5.74, 6) is -1.35. The molecule has 1 aromatic carbocycles. The fraction of sp³-hybridized carbons (Fsp3) is 0.682. The van der Waals surface area contributed by atoms with E-state index < -0.39 is 17.5 Å². The second kappa shape index (κ2) is 9.08. The van der Waals surface area contributed by atoms with E-state index in [1.54, 1.807) is 12.1 Å². The third kappa shape index (κ3) is 5.54. The smallest absolute Gasteiger partial charge is 0.313 e. The van der Waals surface area contributed by atoms with E-state index in [4.69, 9.17) is 4.74 Å². The molecule has 0 aromatic heterocycles. The van der Waals surface area contributed by atoms with E-state index in [-0.39, 0.29) is 24.2 Å². The van der Waals surface area contributed by atoms with Crippen LogP contribution in [0.5, 0.6) is 0 Å². The highest BCUT2D eigenvalue weighted by Gasteiger charge is 2.49. The van der Waals surface area contributed by atoms with E-state index in [1.165, 1.54) is 12.1 Å². The predicted molar refractivity (Wildman–Crippen MR) is 108 cm³/mol. The summed E-state index contributed by atoms with van der Waals surface area (Å²) in [6, 6.07) is 5.88. The Kier molecular flexibility index (Phi) is 6.94. The number of aliphatic hydroxyl groups is 1. The molecule has 0 spiro atoms. The number of likely N-dealkylation sites (tertiary alicyclic amines) is 1. The van der Waals surface area contributed by atoms with Crippen molar-refractivity contribution < 1.29 is 24.1 Å². The summed E-state index contributed by atoms with van der Waals surface area (Å²) in [5, 5.41) is 20.7. The molecular formula is C22H33FN2O4. The van der Waals surface area contributed by atoms with Crippen molar-refractivity contribution in [2.24, 2.45) is 10.8 Å². The van der Waals surface area contributed by atoms with Gasteiger partial charge in [-0.1, -0.05) is 26.0 Å². The SMILES string of the molecule is CC(C)(CN1CCOCC1)CN1CC[C@@H](O)[C@](Cc2ccc(F)cc2)(C(=O)O)C1. The predicted octanol–water partition coefficient (Wildman–Crippen LogP) is 1.86. The minimum atomic E-state index is -1.29. The highest BCUT2D eigenvalue weighted by molar-refractivity contribution is 5.76. The standard InChI is InChI=1S/C22H33FN2O4/c1-21(2,14-24-9-11-29-12-10-24)15-25-8-7-19(26)22(16-25,20(27)28)13-17-3-5-18(23)6-4-17/h3-6,19,26H,7-16H2,1-2H3,(H,27,28)/t19-,22-/m1/s1. The van der Waals surface area contributed by atoms with Gasteiger partial charge in [0.25, 0.3) is 0 Å². The number of benzene rings is 1. The number of halogens is 1. The van der Waals surface area contributed by atoms with Gasteiger partial charge in [-0.05, 0) is 36.0 Å². The van der Waals surface area contributed by atoms with Crippen molar-refractivity contribution in [2.45, 2.75) is 32.8 Å². The number of nitrogens with zero attached hydrogens (tertiary/aromatic N) is 2. The first-order valence-electron chi connectivity index (χ1n) is 10.4. The molecule has 162 valence electrons. The zero-order chi connectivity index (χ0) is 21.1. The molecule has 0 radical (unpaired) electrons. The Morgan fingerprint density at radius 1 is 1.17 bits per heavy atom. The van der Waals surface area contributed by atoms with Crippen LogP contribution in [0.15, 0.2) is 24.3 Å². The van der Waals surface area contributed by atoms with E-state index in [1.807, 2.05) is 0 Å². The second-order valence-electron chi connectivity index (χ2n) is 9.33. The van der Waals surface area contributed by atoms with Crippen molar-refractivity contribution in [1.82, 2.24) is 9.80 Å². The van der Waals surface area contributed by atoms with Gasteiger partial charge >= 0.3 is 5.97 Å². The summed E-state index contributed by atoms with van der Waals surface area (Å²) in [6.45, 7) is 10.4. The summed E-state index contributed by atoms with van der Waals surface area (Å²) in [4.78, 5) is 16.9. The quantitative estimate of drug-likeness (QED) is 0.718. The highest BCUT2D eigenvalue weighted by atomic mass is 19.1. The molecule has 2 saturated heterocycles. The minimum absolute atomic E-state index is 0.0141. The average Bonchev–Trinajstić information content (AvgIpc) is 2.66. The maximum atomic E-state index is 13.3. The monoisotopic (exact) mass is 408 g/mol. The zero-order valence-corrected chi connectivity index (χ0v) is 17.4. The van der Waals surface area contributed by atoms with Crippen LogP contribution >= 0.6 is 0 Å². The molecule has 2 heterocycles. The van der Waals surface area contributed by atoms with E-state index in [9.17, 15) is 19.4 Å². The van der Waals surface area contributed by atoms with Crippen LogP contribution in [0.2, 0.25) is 0 Å². The second-order valence-corrected chi connectivity index (χ2v) is 9.33. The summed E-state index contributed by atoms with van der Waals surface area (Å²) in [7, 11) is 0. The largest absolute Gasteiger partial charge is 0.481 e. The maximum Gasteiger partial charge on any atom is 0.313 e. The lowest BCUT2D eigenvalue weighted by Crippen LogP contribution is -2.59. The molecule has 2 aliphatic rings. The van der Waals surface area contributed by atoms with Gasteiger partial charge in [-0.2, -0.15) is 0 Å². The van der Waals surface area contributed by atoms with Crippen LogP contribution in [-0.4, -0.2) is 84.6 Å². The first kappa shape index (κ1) is 22.2. The Morgan fingerprint density at radius 2 is 1.79 bits per heavy atom. The molecule has 2 aliphatic heterocycles. The van der Waals surface area contributed by atoms with Gasteiger partial charge < -0.3 is 19.8 Å². The molecule has 0 unspecified atom stereocenters. The molecule has 2 N–H and O–H groups in total. The number of carboxylic acids is 1. The number of morpholine rings is 1. The first-order valence-corrected chi connectivity index (χ1v) is 10.4. The average molecular weight is 409 g/mol. The Bertz CT molecular complexity index is 691. The van der Waals surface area contributed by atoms with E-state index in [2.05, 4.69) is 23.6 Å². The fourth-order valence-corrected chi connectivity index (χ4v) is 4.75. The number of aliphatic carboxylic acids is 1. The lowest BCUT2D eigenvalue weighted by Gasteiger charge is -2.46. The van der Waals surface area contributed by atoms with Gasteiger partial charge in [0.05, 0.1) is 19.3 Å². The minimum Gasteiger partial charge on any atom is -0.481 e. The molecule has 0 saturated carbocycles. The van der Waals surface area contributed by atoms with Crippen molar-refractivity contribution in [2.75, 3.05) is 52.5 Å². The molecule has 2 fully saturated rings. The van der Waals surface area contributed by atoms with Crippen LogP contribution in [0.3, 0.4) is 0 Å². The van der Waals surface area contributed by atoms with Gasteiger partial charge in [0.2, 0.25) is 0 Å². The molecule has 0 bridgehead atoms. The number of piperidine rings is 1. The van der Waals surface area contributed by atoms with Gasteiger partial charge in [-0.15, -0.1) is 0 Å². The van der Waals surface area contributed by atoms with Crippen LogP contribution in [0.25, 0.3) is 0 Å². The Labute approximate surface area is 172 Å². The van der Waals surface area contributed by atoms with Crippen molar-refractivity contribution >= 4 is 5.97 Å². The number of hydrogen-bond donors (Lipinski definition) is 2. The zero-order valence-electron chi connectivity index (χ0n) is 17.4. The number of aliphatic hydroxyl groups excluding tert-OH is 1. The first-order chi connectivity index (χ1) is 13.7. The number of carboxylic acid groups (broad SMARTS) is 1. The molecule has 6 nitrogen and oxygen atoms in total. The maximum absolute atomic E-state index is 13.3. The third-order valence-corrected chi connectivity index (χ3v) is 6.13. The summed E-state index contributed by atoms with van der Waals surface area (Å²) < 4.78 is 18.7. The van der Waals surface area contributed by atoms with Gasteiger partial charge in [0.1, 0.15) is 11.2 Å². The van der Waals surface area contributed by atoms with Crippen molar-refractivity contribution in [1.29, 1.82) is 0 Å². The van der Waals surface area contributed by atoms with Crippen molar-refractivity contribution in [3.8, 4) is 0 Å².